The highest BCUT2D eigenvalue weighted by atomic mass is 32.2. The van der Waals surface area contributed by atoms with Crippen molar-refractivity contribution in [3.63, 3.8) is 0 Å². The Kier molecular flexibility index (Phi) is 7.58. The van der Waals surface area contributed by atoms with Gasteiger partial charge in [0.1, 0.15) is 11.6 Å². The number of alkyl halides is 3. The van der Waals surface area contributed by atoms with Gasteiger partial charge in [-0.2, -0.15) is 13.2 Å². The van der Waals surface area contributed by atoms with Gasteiger partial charge in [0, 0.05) is 52.4 Å². The van der Waals surface area contributed by atoms with Crippen LogP contribution in [-0.2, 0) is 21.0 Å². The summed E-state index contributed by atoms with van der Waals surface area (Å²) in [5.41, 5.74) is -0.813. The van der Waals surface area contributed by atoms with Gasteiger partial charge >= 0.3 is 6.18 Å². The molecule has 0 bridgehead atoms. The number of halogens is 4. The van der Waals surface area contributed by atoms with E-state index in [0.29, 0.717) is 38.4 Å². The van der Waals surface area contributed by atoms with E-state index >= 15 is 0 Å². The molecule has 1 aromatic heterocycles. The van der Waals surface area contributed by atoms with Crippen LogP contribution in [0.5, 0.6) is 0 Å². The SMILES string of the molecule is CN(CCCC(=O)N1CCN(c2ccc(C(F)(F)F)cn2)CC1)S(=O)(=O)c1ccc(F)cc1. The van der Waals surface area contributed by atoms with Crippen molar-refractivity contribution in [1.29, 1.82) is 0 Å². The normalized spacial score (nSPS) is 15.2. The Morgan fingerprint density at radius 3 is 2.24 bits per heavy atom. The number of anilines is 1. The number of pyridine rings is 1. The second-order valence-electron chi connectivity index (χ2n) is 7.65. The monoisotopic (exact) mass is 488 g/mol. The molecule has 12 heteroatoms. The standard InChI is InChI=1S/C21H24F4N4O3S/c1-27(33(31,32)18-7-5-17(22)6-8-18)10-2-3-20(30)29-13-11-28(12-14-29)19-9-4-16(15-26-19)21(23,24)25/h4-9,15H,2-3,10-14H2,1H3. The second-order valence-corrected chi connectivity index (χ2v) is 9.70. The molecule has 2 heterocycles. The zero-order chi connectivity index (χ0) is 24.2. The molecule has 0 radical (unpaired) electrons. The molecule has 0 aliphatic carbocycles. The van der Waals surface area contributed by atoms with E-state index in [1.165, 1.54) is 25.2 Å². The minimum absolute atomic E-state index is 0.0225. The minimum atomic E-state index is -4.44. The Labute approximate surface area is 189 Å². The van der Waals surface area contributed by atoms with Gasteiger partial charge in [-0.1, -0.05) is 0 Å². The van der Waals surface area contributed by atoms with Crippen LogP contribution in [0.15, 0.2) is 47.5 Å². The van der Waals surface area contributed by atoms with Gasteiger partial charge in [-0.25, -0.2) is 22.1 Å². The number of nitrogens with zero attached hydrogens (tertiary/aromatic N) is 4. The lowest BCUT2D eigenvalue weighted by Crippen LogP contribution is -2.49. The lowest BCUT2D eigenvalue weighted by atomic mass is 10.2. The van der Waals surface area contributed by atoms with Crippen molar-refractivity contribution in [2.45, 2.75) is 23.9 Å². The van der Waals surface area contributed by atoms with Gasteiger partial charge in [0.05, 0.1) is 10.5 Å². The Morgan fingerprint density at radius 2 is 1.70 bits per heavy atom. The Hall–Kier alpha value is -2.73. The van der Waals surface area contributed by atoms with E-state index in [4.69, 9.17) is 0 Å². The summed E-state index contributed by atoms with van der Waals surface area (Å²) < 4.78 is 77.2. The van der Waals surface area contributed by atoms with Crippen LogP contribution in [0.1, 0.15) is 18.4 Å². The first-order valence-corrected chi connectivity index (χ1v) is 11.7. The van der Waals surface area contributed by atoms with Gasteiger partial charge < -0.3 is 9.80 Å². The van der Waals surface area contributed by atoms with E-state index in [1.807, 2.05) is 4.90 Å². The van der Waals surface area contributed by atoms with E-state index in [0.717, 1.165) is 28.7 Å². The number of benzene rings is 1. The average Bonchev–Trinajstić information content (AvgIpc) is 2.79. The van der Waals surface area contributed by atoms with Crippen molar-refractivity contribution in [3.05, 3.63) is 54.0 Å². The van der Waals surface area contributed by atoms with Crippen molar-refractivity contribution >= 4 is 21.7 Å². The Balaban J connectivity index is 1.45. The summed E-state index contributed by atoms with van der Waals surface area (Å²) in [4.78, 5) is 19.8. The van der Waals surface area contributed by atoms with Crippen molar-refractivity contribution in [2.75, 3.05) is 44.7 Å². The van der Waals surface area contributed by atoms with Crippen LogP contribution < -0.4 is 4.90 Å². The van der Waals surface area contributed by atoms with E-state index in [-0.39, 0.29) is 23.8 Å². The molecule has 7 nitrogen and oxygen atoms in total. The first-order chi connectivity index (χ1) is 15.5. The fraction of sp³-hybridized carbons (Fsp3) is 0.429. The molecule has 0 unspecified atom stereocenters. The highest BCUT2D eigenvalue weighted by Gasteiger charge is 2.31. The number of amides is 1. The number of piperazine rings is 1. The number of carbonyl (C=O) groups is 1. The maximum Gasteiger partial charge on any atom is 0.417 e. The zero-order valence-corrected chi connectivity index (χ0v) is 18.7. The number of hydrogen-bond donors (Lipinski definition) is 0. The fourth-order valence-corrected chi connectivity index (χ4v) is 4.65. The molecule has 0 saturated carbocycles. The number of carbonyl (C=O) groups excluding carboxylic acids is 1. The van der Waals surface area contributed by atoms with Crippen LogP contribution in [0.2, 0.25) is 0 Å². The van der Waals surface area contributed by atoms with Crippen LogP contribution >= 0.6 is 0 Å². The molecule has 1 aliphatic rings. The van der Waals surface area contributed by atoms with Crippen LogP contribution in [-0.4, -0.2) is 68.3 Å². The number of sulfonamides is 1. The van der Waals surface area contributed by atoms with E-state index in [2.05, 4.69) is 4.98 Å². The molecule has 3 rings (SSSR count). The molecule has 0 atom stereocenters. The molecule has 1 fully saturated rings. The largest absolute Gasteiger partial charge is 0.417 e. The Morgan fingerprint density at radius 1 is 1.06 bits per heavy atom. The van der Waals surface area contributed by atoms with Gasteiger partial charge in [-0.3, -0.25) is 4.79 Å². The molecule has 1 aliphatic heterocycles. The van der Waals surface area contributed by atoms with Crippen LogP contribution in [0, 0.1) is 5.82 Å². The minimum Gasteiger partial charge on any atom is -0.353 e. The number of rotatable bonds is 7. The molecule has 1 amide bonds. The third kappa shape index (κ3) is 6.20. The predicted molar refractivity (Wildman–Crippen MR) is 113 cm³/mol. The average molecular weight is 489 g/mol. The highest BCUT2D eigenvalue weighted by molar-refractivity contribution is 7.89. The van der Waals surface area contributed by atoms with Gasteiger partial charge in [0.25, 0.3) is 0 Å². The molecule has 180 valence electrons. The summed E-state index contributed by atoms with van der Waals surface area (Å²) in [6.45, 7) is 1.78. The third-order valence-corrected chi connectivity index (χ3v) is 7.29. The van der Waals surface area contributed by atoms with Crippen molar-refractivity contribution in [3.8, 4) is 0 Å². The van der Waals surface area contributed by atoms with Crippen molar-refractivity contribution in [1.82, 2.24) is 14.2 Å². The van der Waals surface area contributed by atoms with Gasteiger partial charge in [-0.05, 0) is 42.8 Å². The molecule has 0 spiro atoms. The van der Waals surface area contributed by atoms with Gasteiger partial charge in [0.2, 0.25) is 15.9 Å². The van der Waals surface area contributed by atoms with Crippen LogP contribution in [0.25, 0.3) is 0 Å². The first-order valence-electron chi connectivity index (χ1n) is 10.3. The Bertz CT molecular complexity index is 1050. The summed E-state index contributed by atoms with van der Waals surface area (Å²) >= 11 is 0. The van der Waals surface area contributed by atoms with E-state index < -0.39 is 27.6 Å². The topological polar surface area (TPSA) is 73.8 Å². The molecular weight excluding hydrogens is 464 g/mol. The maximum absolute atomic E-state index is 13.0. The lowest BCUT2D eigenvalue weighted by molar-refractivity contribution is -0.138. The number of aromatic nitrogens is 1. The quantitative estimate of drug-likeness (QED) is 0.561. The van der Waals surface area contributed by atoms with Crippen molar-refractivity contribution in [2.24, 2.45) is 0 Å². The maximum atomic E-state index is 13.0. The lowest BCUT2D eigenvalue weighted by Gasteiger charge is -2.35. The summed E-state index contributed by atoms with van der Waals surface area (Å²) in [7, 11) is -2.37. The van der Waals surface area contributed by atoms with Gasteiger partial charge in [-0.15, -0.1) is 0 Å². The molecule has 33 heavy (non-hydrogen) atoms. The molecule has 2 aromatic rings. The third-order valence-electron chi connectivity index (χ3n) is 5.42. The zero-order valence-electron chi connectivity index (χ0n) is 17.9. The fourth-order valence-electron chi connectivity index (χ4n) is 3.44. The van der Waals surface area contributed by atoms with Gasteiger partial charge in [0.15, 0.2) is 0 Å². The van der Waals surface area contributed by atoms with Crippen LogP contribution in [0.4, 0.5) is 23.4 Å². The highest BCUT2D eigenvalue weighted by Crippen LogP contribution is 2.29. The van der Waals surface area contributed by atoms with E-state index in [1.54, 1.807) is 4.90 Å². The van der Waals surface area contributed by atoms with Crippen molar-refractivity contribution < 1.29 is 30.8 Å². The molecular formula is C21H24F4N4O3S. The summed E-state index contributed by atoms with van der Waals surface area (Å²) in [6, 6.07) is 6.83. The van der Waals surface area contributed by atoms with Crippen LogP contribution in [0.3, 0.4) is 0 Å². The molecule has 1 saturated heterocycles. The summed E-state index contributed by atoms with van der Waals surface area (Å²) in [6.07, 6.45) is -3.18. The number of hydrogen-bond acceptors (Lipinski definition) is 5. The predicted octanol–water partition coefficient (Wildman–Crippen LogP) is 2.99. The summed E-state index contributed by atoms with van der Waals surface area (Å²) in [5.74, 6) is -0.235. The molecule has 1 aromatic carbocycles. The first kappa shape index (κ1) is 24.9. The summed E-state index contributed by atoms with van der Waals surface area (Å²) in [5, 5.41) is 0. The smallest absolute Gasteiger partial charge is 0.353 e. The van der Waals surface area contributed by atoms with E-state index in [9.17, 15) is 30.8 Å². The molecule has 0 N–H and O–H groups in total. The second kappa shape index (κ2) is 10.0.